The number of carbonyl (C=O) groups is 1. The molecular weight excluding hydrogens is 310 g/mol. The molecule has 0 saturated heterocycles. The standard InChI is InChI=1S/C13H13N3O3S2/c1-20-13-15-12(21-16-13)14-7-9(17)8-2-3-10-11(6-8)19-5-4-18-10/h2-3,6H,4-5,7H2,1H3,(H,14,15,16). The summed E-state index contributed by atoms with van der Waals surface area (Å²) < 4.78 is 15.0. The van der Waals surface area contributed by atoms with Crippen LogP contribution in [-0.4, -0.2) is 41.2 Å². The van der Waals surface area contributed by atoms with Gasteiger partial charge in [-0.2, -0.15) is 9.36 Å². The molecule has 1 aromatic heterocycles. The number of rotatable bonds is 5. The molecule has 3 rings (SSSR count). The van der Waals surface area contributed by atoms with E-state index in [1.54, 1.807) is 18.2 Å². The number of thioether (sulfide) groups is 1. The number of hydrogen-bond acceptors (Lipinski definition) is 8. The molecule has 6 nitrogen and oxygen atoms in total. The van der Waals surface area contributed by atoms with Crippen LogP contribution in [0, 0.1) is 0 Å². The highest BCUT2D eigenvalue weighted by atomic mass is 32.2. The summed E-state index contributed by atoms with van der Waals surface area (Å²) in [6, 6.07) is 5.22. The van der Waals surface area contributed by atoms with E-state index in [4.69, 9.17) is 9.47 Å². The van der Waals surface area contributed by atoms with Crippen LogP contribution in [0.4, 0.5) is 5.13 Å². The normalized spacial score (nSPS) is 13.0. The van der Waals surface area contributed by atoms with Crippen LogP contribution in [-0.2, 0) is 0 Å². The fraction of sp³-hybridized carbons (Fsp3) is 0.308. The number of fused-ring (bicyclic) bond motifs is 1. The summed E-state index contributed by atoms with van der Waals surface area (Å²) in [5.74, 6) is 1.26. The second-order valence-corrected chi connectivity index (χ2v) is 5.75. The number of anilines is 1. The van der Waals surface area contributed by atoms with E-state index in [-0.39, 0.29) is 12.3 Å². The van der Waals surface area contributed by atoms with Crippen molar-refractivity contribution in [3.63, 3.8) is 0 Å². The lowest BCUT2D eigenvalue weighted by molar-refractivity contribution is 0.100. The van der Waals surface area contributed by atoms with E-state index in [1.165, 1.54) is 23.3 Å². The van der Waals surface area contributed by atoms with Gasteiger partial charge in [0.2, 0.25) is 10.3 Å². The summed E-state index contributed by atoms with van der Waals surface area (Å²) in [7, 11) is 0. The molecule has 0 spiro atoms. The minimum Gasteiger partial charge on any atom is -0.486 e. The molecule has 0 radical (unpaired) electrons. The Morgan fingerprint density at radius 3 is 2.95 bits per heavy atom. The molecule has 1 aromatic carbocycles. The lowest BCUT2D eigenvalue weighted by atomic mass is 10.1. The number of hydrogen-bond donors (Lipinski definition) is 1. The Morgan fingerprint density at radius 1 is 1.38 bits per heavy atom. The molecule has 0 fully saturated rings. The SMILES string of the molecule is CSc1nsc(NCC(=O)c2ccc3c(c2)OCCO3)n1. The molecule has 1 aliphatic heterocycles. The van der Waals surface area contributed by atoms with Crippen LogP contribution in [0.25, 0.3) is 0 Å². The van der Waals surface area contributed by atoms with Gasteiger partial charge in [-0.05, 0) is 24.5 Å². The van der Waals surface area contributed by atoms with Crippen LogP contribution in [0.3, 0.4) is 0 Å². The lowest BCUT2D eigenvalue weighted by Crippen LogP contribution is -2.17. The highest BCUT2D eigenvalue weighted by Crippen LogP contribution is 2.30. The maximum absolute atomic E-state index is 12.2. The first-order valence-electron chi connectivity index (χ1n) is 6.30. The smallest absolute Gasteiger partial charge is 0.203 e. The van der Waals surface area contributed by atoms with Crippen molar-refractivity contribution in [3.8, 4) is 11.5 Å². The Labute approximate surface area is 130 Å². The van der Waals surface area contributed by atoms with Crippen molar-refractivity contribution < 1.29 is 14.3 Å². The molecule has 0 unspecified atom stereocenters. The quantitative estimate of drug-likeness (QED) is 0.668. The number of nitrogens with zero attached hydrogens (tertiary/aromatic N) is 2. The second kappa shape index (κ2) is 6.31. The van der Waals surface area contributed by atoms with Crippen molar-refractivity contribution in [1.82, 2.24) is 9.36 Å². The van der Waals surface area contributed by atoms with Crippen LogP contribution in [0.15, 0.2) is 23.4 Å². The van der Waals surface area contributed by atoms with E-state index < -0.39 is 0 Å². The fourth-order valence-corrected chi connectivity index (χ4v) is 2.96. The first-order valence-corrected chi connectivity index (χ1v) is 8.30. The van der Waals surface area contributed by atoms with Gasteiger partial charge in [0.1, 0.15) is 13.2 Å². The Balaban J connectivity index is 1.65. The molecule has 0 amide bonds. The van der Waals surface area contributed by atoms with Gasteiger partial charge in [-0.15, -0.1) is 0 Å². The first-order chi connectivity index (χ1) is 10.3. The van der Waals surface area contributed by atoms with Gasteiger partial charge in [0.25, 0.3) is 0 Å². The number of benzene rings is 1. The van der Waals surface area contributed by atoms with Crippen LogP contribution >= 0.6 is 23.3 Å². The third-order valence-electron chi connectivity index (χ3n) is 2.85. The van der Waals surface area contributed by atoms with E-state index in [1.807, 2.05) is 6.26 Å². The lowest BCUT2D eigenvalue weighted by Gasteiger charge is -2.18. The molecule has 0 bridgehead atoms. The van der Waals surface area contributed by atoms with E-state index >= 15 is 0 Å². The minimum absolute atomic E-state index is 0.0344. The number of ether oxygens (including phenoxy) is 2. The molecular formula is C13H13N3O3S2. The summed E-state index contributed by atoms with van der Waals surface area (Å²) in [4.78, 5) is 16.4. The van der Waals surface area contributed by atoms with E-state index in [0.29, 0.717) is 40.6 Å². The Morgan fingerprint density at radius 2 is 2.19 bits per heavy atom. The third-order valence-corrected chi connectivity index (χ3v) is 4.19. The van der Waals surface area contributed by atoms with E-state index in [9.17, 15) is 4.79 Å². The molecule has 0 aliphatic carbocycles. The highest BCUT2D eigenvalue weighted by molar-refractivity contribution is 7.98. The molecule has 21 heavy (non-hydrogen) atoms. The zero-order valence-corrected chi connectivity index (χ0v) is 12.9. The van der Waals surface area contributed by atoms with Gasteiger partial charge in [0.15, 0.2) is 17.3 Å². The fourth-order valence-electron chi connectivity index (χ4n) is 1.84. The van der Waals surface area contributed by atoms with E-state index in [0.717, 1.165) is 0 Å². The molecule has 0 saturated carbocycles. The molecule has 8 heteroatoms. The average molecular weight is 323 g/mol. The number of ketones is 1. The summed E-state index contributed by atoms with van der Waals surface area (Å²) in [5.41, 5.74) is 0.585. The number of Topliss-reactive ketones (excluding diaryl/α,β-unsaturated/α-hetero) is 1. The monoisotopic (exact) mass is 323 g/mol. The predicted molar refractivity (Wildman–Crippen MR) is 81.9 cm³/mol. The van der Waals surface area contributed by atoms with Crippen molar-refractivity contribution in [2.24, 2.45) is 0 Å². The Bertz CT molecular complexity index is 660. The molecule has 1 aliphatic rings. The minimum atomic E-state index is -0.0344. The highest BCUT2D eigenvalue weighted by Gasteiger charge is 2.15. The van der Waals surface area contributed by atoms with E-state index in [2.05, 4.69) is 14.7 Å². The summed E-state index contributed by atoms with van der Waals surface area (Å²) in [6.07, 6.45) is 1.91. The number of carbonyl (C=O) groups excluding carboxylic acids is 1. The van der Waals surface area contributed by atoms with Crippen LogP contribution < -0.4 is 14.8 Å². The Kier molecular flexibility index (Phi) is 4.26. The topological polar surface area (TPSA) is 73.3 Å². The summed E-state index contributed by atoms with van der Waals surface area (Å²) in [5, 5.41) is 4.33. The third kappa shape index (κ3) is 3.27. The van der Waals surface area contributed by atoms with Gasteiger partial charge >= 0.3 is 0 Å². The van der Waals surface area contributed by atoms with Gasteiger partial charge in [0.05, 0.1) is 6.54 Å². The average Bonchev–Trinajstić information content (AvgIpc) is 3.00. The zero-order chi connectivity index (χ0) is 14.7. The maximum Gasteiger partial charge on any atom is 0.203 e. The van der Waals surface area contributed by atoms with Gasteiger partial charge in [0, 0.05) is 17.1 Å². The molecule has 110 valence electrons. The van der Waals surface area contributed by atoms with Crippen LogP contribution in [0.1, 0.15) is 10.4 Å². The van der Waals surface area contributed by atoms with Crippen LogP contribution in [0.2, 0.25) is 0 Å². The summed E-state index contributed by atoms with van der Waals surface area (Å²) in [6.45, 7) is 1.21. The second-order valence-electron chi connectivity index (χ2n) is 4.22. The van der Waals surface area contributed by atoms with Gasteiger partial charge in [-0.3, -0.25) is 4.79 Å². The molecule has 1 N–H and O–H groups in total. The van der Waals surface area contributed by atoms with Crippen molar-refractivity contribution in [1.29, 1.82) is 0 Å². The van der Waals surface area contributed by atoms with Gasteiger partial charge < -0.3 is 14.8 Å². The number of nitrogens with one attached hydrogen (secondary N) is 1. The van der Waals surface area contributed by atoms with Crippen molar-refractivity contribution >= 4 is 34.2 Å². The predicted octanol–water partition coefficient (Wildman–Crippen LogP) is 2.33. The maximum atomic E-state index is 12.2. The van der Waals surface area contributed by atoms with Crippen molar-refractivity contribution in [2.45, 2.75) is 5.16 Å². The number of aromatic nitrogens is 2. The van der Waals surface area contributed by atoms with Crippen LogP contribution in [0.5, 0.6) is 11.5 Å². The largest absolute Gasteiger partial charge is 0.486 e. The zero-order valence-electron chi connectivity index (χ0n) is 11.3. The van der Waals surface area contributed by atoms with Gasteiger partial charge in [-0.1, -0.05) is 11.8 Å². The van der Waals surface area contributed by atoms with Crippen molar-refractivity contribution in [2.75, 3.05) is 31.3 Å². The van der Waals surface area contributed by atoms with Crippen molar-refractivity contribution in [3.05, 3.63) is 23.8 Å². The molecule has 2 aromatic rings. The molecule has 0 atom stereocenters. The molecule has 2 heterocycles. The summed E-state index contributed by atoms with van der Waals surface area (Å²) >= 11 is 2.71. The van der Waals surface area contributed by atoms with Gasteiger partial charge in [-0.25, -0.2) is 0 Å². The first kappa shape index (κ1) is 14.2. The Hall–Kier alpha value is -1.80.